The minimum absolute atomic E-state index is 0.124. The number of esters is 1. The van der Waals surface area contributed by atoms with Crippen LogP contribution in [0.2, 0.25) is 10.0 Å². The average molecular weight is 421 g/mol. The van der Waals surface area contributed by atoms with E-state index in [0.29, 0.717) is 56.5 Å². The van der Waals surface area contributed by atoms with Gasteiger partial charge in [-0.15, -0.1) is 0 Å². The Morgan fingerprint density at radius 2 is 2.00 bits per heavy atom. The number of carbonyl (C=O) groups is 1. The molecular formula is C21H22Cl2N2O3. The number of nitrogens with zero attached hydrogens (tertiary/aromatic N) is 2. The zero-order chi connectivity index (χ0) is 20.6. The van der Waals surface area contributed by atoms with Gasteiger partial charge in [0.1, 0.15) is 0 Å². The molecule has 1 aliphatic carbocycles. The third kappa shape index (κ3) is 3.74. The average Bonchev–Trinajstić information content (AvgIpc) is 2.59. The Hall–Kier alpha value is -2.11. The fraction of sp³-hybridized carbons (Fsp3) is 0.381. The third-order valence-corrected chi connectivity index (χ3v) is 5.38. The Morgan fingerprint density at radius 3 is 2.61 bits per heavy atom. The van der Waals surface area contributed by atoms with E-state index in [0.717, 1.165) is 5.69 Å². The SMILES string of the molecule is CCOC(=O)c1c(C)nc2c(c1-c1ccc(Cl)cc1Cl)/C(=N/O)CC(C)(C)C2. The second-order valence-electron chi connectivity index (χ2n) is 7.68. The van der Waals surface area contributed by atoms with Crippen molar-refractivity contribution in [2.75, 3.05) is 6.61 Å². The number of hydrogen-bond donors (Lipinski definition) is 1. The molecule has 28 heavy (non-hydrogen) atoms. The van der Waals surface area contributed by atoms with Crippen LogP contribution in [0.1, 0.15) is 54.5 Å². The zero-order valence-corrected chi connectivity index (χ0v) is 17.8. The molecule has 148 valence electrons. The quantitative estimate of drug-likeness (QED) is 0.393. The van der Waals surface area contributed by atoms with Gasteiger partial charge in [-0.1, -0.05) is 48.3 Å². The largest absolute Gasteiger partial charge is 0.462 e. The molecule has 0 bridgehead atoms. The molecule has 0 radical (unpaired) electrons. The first kappa shape index (κ1) is 20.6. The number of halogens is 2. The molecule has 0 aliphatic heterocycles. The van der Waals surface area contributed by atoms with Gasteiger partial charge < -0.3 is 9.94 Å². The van der Waals surface area contributed by atoms with Gasteiger partial charge in [-0.3, -0.25) is 4.98 Å². The molecule has 1 aliphatic rings. The molecule has 1 aromatic heterocycles. The van der Waals surface area contributed by atoms with Gasteiger partial charge in [0, 0.05) is 26.7 Å². The summed E-state index contributed by atoms with van der Waals surface area (Å²) in [5.74, 6) is -0.488. The van der Waals surface area contributed by atoms with E-state index < -0.39 is 5.97 Å². The van der Waals surface area contributed by atoms with E-state index in [1.807, 2.05) is 0 Å². The molecule has 0 saturated heterocycles. The number of hydrogen-bond acceptors (Lipinski definition) is 5. The number of pyridine rings is 1. The van der Waals surface area contributed by atoms with Crippen molar-refractivity contribution in [2.24, 2.45) is 10.6 Å². The molecule has 1 N–H and O–H groups in total. The Morgan fingerprint density at radius 1 is 1.29 bits per heavy atom. The Balaban J connectivity index is 2.43. The van der Waals surface area contributed by atoms with Crippen molar-refractivity contribution in [1.82, 2.24) is 4.98 Å². The van der Waals surface area contributed by atoms with Crippen LogP contribution in [0.25, 0.3) is 11.1 Å². The second-order valence-corrected chi connectivity index (χ2v) is 8.52. The number of rotatable bonds is 3. The van der Waals surface area contributed by atoms with E-state index in [-0.39, 0.29) is 12.0 Å². The highest BCUT2D eigenvalue weighted by atomic mass is 35.5. The standard InChI is InChI=1S/C21H22Cl2N2O3/c1-5-28-20(26)17-11(2)24-15-9-21(3,4)10-16(25-27)19(15)18(17)13-7-6-12(22)8-14(13)23/h6-8,27H,5,9-10H2,1-4H3/b25-16+. The highest BCUT2D eigenvalue weighted by molar-refractivity contribution is 6.37. The maximum absolute atomic E-state index is 12.8. The molecule has 7 heteroatoms. The van der Waals surface area contributed by atoms with Crippen LogP contribution < -0.4 is 0 Å². The summed E-state index contributed by atoms with van der Waals surface area (Å²) in [5.41, 5.74) is 3.84. The Labute approximate surface area is 174 Å². The van der Waals surface area contributed by atoms with Crippen molar-refractivity contribution in [1.29, 1.82) is 0 Å². The third-order valence-electron chi connectivity index (χ3n) is 4.83. The number of aryl methyl sites for hydroxylation is 1. The number of carbonyl (C=O) groups excluding carboxylic acids is 1. The molecule has 0 fully saturated rings. The van der Waals surface area contributed by atoms with Crippen LogP contribution in [0.3, 0.4) is 0 Å². The van der Waals surface area contributed by atoms with Crippen molar-refractivity contribution in [3.63, 3.8) is 0 Å². The molecule has 1 heterocycles. The van der Waals surface area contributed by atoms with Gasteiger partial charge in [0.05, 0.1) is 29.3 Å². The summed E-state index contributed by atoms with van der Waals surface area (Å²) in [6, 6.07) is 5.09. The van der Waals surface area contributed by atoms with E-state index in [2.05, 4.69) is 24.0 Å². The minimum atomic E-state index is -0.488. The van der Waals surface area contributed by atoms with E-state index in [1.54, 1.807) is 32.0 Å². The van der Waals surface area contributed by atoms with Crippen LogP contribution >= 0.6 is 23.2 Å². The van der Waals surface area contributed by atoms with Crippen molar-refractivity contribution in [3.05, 3.63) is 50.8 Å². The zero-order valence-electron chi connectivity index (χ0n) is 16.3. The van der Waals surface area contributed by atoms with Crippen molar-refractivity contribution in [3.8, 4) is 11.1 Å². The minimum Gasteiger partial charge on any atom is -0.462 e. The molecule has 2 aromatic rings. The molecule has 1 aromatic carbocycles. The Bertz CT molecular complexity index is 984. The van der Waals surface area contributed by atoms with Crippen LogP contribution in [0.5, 0.6) is 0 Å². The lowest BCUT2D eigenvalue weighted by atomic mass is 9.73. The topological polar surface area (TPSA) is 71.8 Å². The second kappa shape index (κ2) is 7.72. The molecule has 0 unspecified atom stereocenters. The Kier molecular flexibility index (Phi) is 5.69. The van der Waals surface area contributed by atoms with Crippen LogP contribution in [0, 0.1) is 12.3 Å². The normalized spacial score (nSPS) is 16.7. The van der Waals surface area contributed by atoms with Gasteiger partial charge in [0.25, 0.3) is 0 Å². The van der Waals surface area contributed by atoms with E-state index in [4.69, 9.17) is 27.9 Å². The lowest BCUT2D eigenvalue weighted by Gasteiger charge is -2.33. The van der Waals surface area contributed by atoms with Crippen molar-refractivity contribution < 1.29 is 14.7 Å². The van der Waals surface area contributed by atoms with Gasteiger partial charge in [-0.25, -0.2) is 4.79 Å². The highest BCUT2D eigenvalue weighted by Gasteiger charge is 2.36. The van der Waals surface area contributed by atoms with Gasteiger partial charge in [-0.05, 0) is 44.2 Å². The smallest absolute Gasteiger partial charge is 0.340 e. The first-order valence-corrected chi connectivity index (χ1v) is 9.81. The first-order chi connectivity index (χ1) is 13.2. The summed E-state index contributed by atoms with van der Waals surface area (Å²) < 4.78 is 5.28. The van der Waals surface area contributed by atoms with Crippen LogP contribution in [-0.4, -0.2) is 28.5 Å². The molecule has 0 spiro atoms. The van der Waals surface area contributed by atoms with Crippen molar-refractivity contribution >= 4 is 34.9 Å². The number of ether oxygens (including phenoxy) is 1. The molecule has 3 rings (SSSR count). The summed E-state index contributed by atoms with van der Waals surface area (Å²) in [6.45, 7) is 7.93. The summed E-state index contributed by atoms with van der Waals surface area (Å²) >= 11 is 12.6. The summed E-state index contributed by atoms with van der Waals surface area (Å²) in [6.07, 6.45) is 1.23. The highest BCUT2D eigenvalue weighted by Crippen LogP contribution is 2.43. The monoisotopic (exact) mass is 420 g/mol. The predicted octanol–water partition coefficient (Wildman–Crippen LogP) is 5.69. The summed E-state index contributed by atoms with van der Waals surface area (Å²) in [4.78, 5) is 17.5. The number of aromatic nitrogens is 1. The summed E-state index contributed by atoms with van der Waals surface area (Å²) in [7, 11) is 0. The maximum Gasteiger partial charge on any atom is 0.340 e. The van der Waals surface area contributed by atoms with E-state index >= 15 is 0 Å². The van der Waals surface area contributed by atoms with Gasteiger partial charge in [0.2, 0.25) is 0 Å². The van der Waals surface area contributed by atoms with Crippen molar-refractivity contribution in [2.45, 2.75) is 40.5 Å². The number of fused-ring (bicyclic) bond motifs is 1. The van der Waals surface area contributed by atoms with Gasteiger partial charge in [0.15, 0.2) is 0 Å². The van der Waals surface area contributed by atoms with Crippen LogP contribution in [0.15, 0.2) is 23.4 Å². The summed E-state index contributed by atoms with van der Waals surface area (Å²) in [5, 5.41) is 14.2. The molecule has 5 nitrogen and oxygen atoms in total. The fourth-order valence-corrected chi connectivity index (χ4v) is 4.26. The fourth-order valence-electron chi connectivity index (χ4n) is 3.76. The lowest BCUT2D eigenvalue weighted by Crippen LogP contribution is -2.30. The molecular weight excluding hydrogens is 399 g/mol. The van der Waals surface area contributed by atoms with Crippen LogP contribution in [-0.2, 0) is 11.2 Å². The predicted molar refractivity (Wildman–Crippen MR) is 111 cm³/mol. The van der Waals surface area contributed by atoms with Gasteiger partial charge >= 0.3 is 5.97 Å². The van der Waals surface area contributed by atoms with E-state index in [1.165, 1.54) is 0 Å². The first-order valence-electron chi connectivity index (χ1n) is 9.06. The molecule has 0 amide bonds. The molecule has 0 atom stereocenters. The molecule has 0 saturated carbocycles. The van der Waals surface area contributed by atoms with Crippen LogP contribution in [0.4, 0.5) is 0 Å². The van der Waals surface area contributed by atoms with Gasteiger partial charge in [-0.2, -0.15) is 0 Å². The maximum atomic E-state index is 12.8. The lowest BCUT2D eigenvalue weighted by molar-refractivity contribution is 0.0526. The van der Waals surface area contributed by atoms with E-state index in [9.17, 15) is 10.0 Å². The number of benzene rings is 1. The number of oxime groups is 1.